The normalized spacial score (nSPS) is 10.5. The van der Waals surface area contributed by atoms with Gasteiger partial charge in [0.25, 0.3) is 0 Å². The zero-order chi connectivity index (χ0) is 9.68. The van der Waals surface area contributed by atoms with E-state index in [1.807, 2.05) is 0 Å². The van der Waals surface area contributed by atoms with Crippen molar-refractivity contribution < 1.29 is 1.43 Å². The Balaban J connectivity index is 0.00000169. The van der Waals surface area contributed by atoms with E-state index >= 15 is 0 Å². The average Bonchev–Trinajstić information content (AvgIpc) is 2.08. The molecule has 2 nitrogen and oxygen atoms in total. The van der Waals surface area contributed by atoms with Crippen molar-refractivity contribution >= 4 is 5.69 Å². The van der Waals surface area contributed by atoms with Gasteiger partial charge in [-0.05, 0) is 32.6 Å². The highest BCUT2D eigenvalue weighted by Crippen LogP contribution is 2.12. The van der Waals surface area contributed by atoms with Crippen molar-refractivity contribution in [3.63, 3.8) is 0 Å². The summed E-state index contributed by atoms with van der Waals surface area (Å²) < 4.78 is 0. The van der Waals surface area contributed by atoms with Gasteiger partial charge in [0.2, 0.25) is 0 Å². The van der Waals surface area contributed by atoms with E-state index < -0.39 is 0 Å². The summed E-state index contributed by atoms with van der Waals surface area (Å²) in [4.78, 5) is 2.17. The van der Waals surface area contributed by atoms with Crippen LogP contribution in [0.5, 0.6) is 0 Å². The molecule has 2 heteroatoms. The molecule has 0 radical (unpaired) electrons. The molecule has 0 aliphatic heterocycles. The molecular formula is C11H20N2. The monoisotopic (exact) mass is 180 g/mol. The maximum atomic E-state index is 3.40. The van der Waals surface area contributed by atoms with E-state index in [0.717, 1.165) is 13.1 Å². The highest BCUT2D eigenvalue weighted by atomic mass is 15.1. The number of benzene rings is 1. The topological polar surface area (TPSA) is 15.3 Å². The van der Waals surface area contributed by atoms with Crippen LogP contribution in [0.25, 0.3) is 0 Å². The fourth-order valence-electron chi connectivity index (χ4n) is 1.19. The third-order valence-electron chi connectivity index (χ3n) is 2.02. The summed E-state index contributed by atoms with van der Waals surface area (Å²) in [6, 6.07) is 8.36. The van der Waals surface area contributed by atoms with Crippen molar-refractivity contribution in [3.8, 4) is 0 Å². The van der Waals surface area contributed by atoms with Crippen LogP contribution in [-0.4, -0.2) is 32.1 Å². The molecule has 0 saturated heterocycles. The quantitative estimate of drug-likeness (QED) is 0.764. The highest BCUT2D eigenvalue weighted by molar-refractivity contribution is 5.50. The fraction of sp³-hybridized carbons (Fsp3) is 0.455. The second-order valence-electron chi connectivity index (χ2n) is 3.54. The van der Waals surface area contributed by atoms with Gasteiger partial charge >= 0.3 is 0 Å². The van der Waals surface area contributed by atoms with Crippen LogP contribution in [0.15, 0.2) is 24.3 Å². The van der Waals surface area contributed by atoms with Gasteiger partial charge in [0.15, 0.2) is 0 Å². The van der Waals surface area contributed by atoms with E-state index in [2.05, 4.69) is 55.5 Å². The Hall–Kier alpha value is -1.02. The SMILES string of the molecule is Cc1ccccc1NCCN(C)C.[HH]. The number of hydrogen-bond donors (Lipinski definition) is 1. The zero-order valence-corrected chi connectivity index (χ0v) is 8.67. The van der Waals surface area contributed by atoms with Gasteiger partial charge in [-0.15, -0.1) is 0 Å². The van der Waals surface area contributed by atoms with Gasteiger partial charge in [0.05, 0.1) is 0 Å². The number of nitrogens with one attached hydrogen (secondary N) is 1. The molecule has 1 aromatic rings. The fourth-order valence-corrected chi connectivity index (χ4v) is 1.19. The molecule has 0 fully saturated rings. The van der Waals surface area contributed by atoms with Crippen LogP contribution in [0, 0.1) is 6.92 Å². The lowest BCUT2D eigenvalue weighted by Crippen LogP contribution is -2.20. The standard InChI is InChI=1S/C11H18N2.H2/c1-10-6-4-5-7-11(10)12-8-9-13(2)3;/h4-7,12H,8-9H2,1-3H3;1H. The van der Waals surface area contributed by atoms with Crippen molar-refractivity contribution in [2.75, 3.05) is 32.5 Å². The molecule has 1 rings (SSSR count). The Labute approximate surface area is 82.1 Å². The minimum absolute atomic E-state index is 0. The summed E-state index contributed by atoms with van der Waals surface area (Å²) in [5, 5.41) is 3.40. The van der Waals surface area contributed by atoms with Crippen molar-refractivity contribution in [1.29, 1.82) is 0 Å². The Morgan fingerprint density at radius 2 is 2.00 bits per heavy atom. The van der Waals surface area contributed by atoms with E-state index in [-0.39, 0.29) is 1.43 Å². The molecule has 0 heterocycles. The number of nitrogens with zero attached hydrogens (tertiary/aromatic N) is 1. The molecule has 1 N–H and O–H groups in total. The smallest absolute Gasteiger partial charge is 0.0370 e. The molecule has 0 bridgehead atoms. The molecule has 0 aliphatic rings. The molecule has 74 valence electrons. The molecule has 0 saturated carbocycles. The molecule has 0 unspecified atom stereocenters. The molecule has 0 aliphatic carbocycles. The van der Waals surface area contributed by atoms with Crippen LogP contribution in [0.1, 0.15) is 6.99 Å². The second-order valence-corrected chi connectivity index (χ2v) is 3.54. The van der Waals surface area contributed by atoms with E-state index in [0.29, 0.717) is 0 Å². The average molecular weight is 180 g/mol. The van der Waals surface area contributed by atoms with Crippen LogP contribution in [0.2, 0.25) is 0 Å². The largest absolute Gasteiger partial charge is 0.384 e. The number of rotatable bonds is 4. The summed E-state index contributed by atoms with van der Waals surface area (Å²) in [5.41, 5.74) is 2.55. The minimum Gasteiger partial charge on any atom is -0.384 e. The van der Waals surface area contributed by atoms with Crippen molar-refractivity contribution in [1.82, 2.24) is 4.90 Å². The number of aryl methyl sites for hydroxylation is 1. The summed E-state index contributed by atoms with van der Waals surface area (Å²) in [6.45, 7) is 4.18. The summed E-state index contributed by atoms with van der Waals surface area (Å²) in [7, 11) is 4.17. The lowest BCUT2D eigenvalue weighted by molar-refractivity contribution is 0.425. The zero-order valence-electron chi connectivity index (χ0n) is 8.67. The molecule has 0 atom stereocenters. The van der Waals surface area contributed by atoms with Crippen LogP contribution in [-0.2, 0) is 0 Å². The van der Waals surface area contributed by atoms with Gasteiger partial charge in [-0.25, -0.2) is 0 Å². The minimum atomic E-state index is 0. The maximum Gasteiger partial charge on any atom is 0.0370 e. The van der Waals surface area contributed by atoms with Crippen LogP contribution >= 0.6 is 0 Å². The van der Waals surface area contributed by atoms with E-state index in [1.165, 1.54) is 11.3 Å². The Kier molecular flexibility index (Phi) is 3.77. The number of hydrogen-bond acceptors (Lipinski definition) is 2. The van der Waals surface area contributed by atoms with Gasteiger partial charge in [-0.1, -0.05) is 18.2 Å². The van der Waals surface area contributed by atoms with Gasteiger partial charge in [-0.3, -0.25) is 0 Å². The Morgan fingerprint density at radius 3 is 2.62 bits per heavy atom. The van der Waals surface area contributed by atoms with Crippen LogP contribution in [0.4, 0.5) is 5.69 Å². The number of anilines is 1. The highest BCUT2D eigenvalue weighted by Gasteiger charge is 1.94. The first kappa shape index (κ1) is 10.1. The molecule has 0 spiro atoms. The van der Waals surface area contributed by atoms with E-state index in [1.54, 1.807) is 0 Å². The molecular weight excluding hydrogens is 160 g/mol. The van der Waals surface area contributed by atoms with Gasteiger partial charge < -0.3 is 10.2 Å². The molecule has 0 amide bonds. The molecule has 0 aromatic heterocycles. The van der Waals surface area contributed by atoms with Gasteiger partial charge in [-0.2, -0.15) is 0 Å². The van der Waals surface area contributed by atoms with Crippen LogP contribution < -0.4 is 5.32 Å². The summed E-state index contributed by atoms with van der Waals surface area (Å²) in [6.07, 6.45) is 0. The van der Waals surface area contributed by atoms with Gasteiger partial charge in [0, 0.05) is 20.2 Å². The summed E-state index contributed by atoms with van der Waals surface area (Å²) in [5.74, 6) is 0. The van der Waals surface area contributed by atoms with Gasteiger partial charge in [0.1, 0.15) is 0 Å². The van der Waals surface area contributed by atoms with Crippen molar-refractivity contribution in [2.45, 2.75) is 6.92 Å². The Bertz CT molecular complexity index is 261. The lowest BCUT2D eigenvalue weighted by Gasteiger charge is -2.12. The van der Waals surface area contributed by atoms with E-state index in [4.69, 9.17) is 0 Å². The molecule has 13 heavy (non-hydrogen) atoms. The van der Waals surface area contributed by atoms with Crippen LogP contribution in [0.3, 0.4) is 0 Å². The van der Waals surface area contributed by atoms with Crippen molar-refractivity contribution in [3.05, 3.63) is 29.8 Å². The van der Waals surface area contributed by atoms with Crippen molar-refractivity contribution in [2.24, 2.45) is 0 Å². The third-order valence-corrected chi connectivity index (χ3v) is 2.02. The number of para-hydroxylation sites is 1. The first-order chi connectivity index (χ1) is 6.20. The van der Waals surface area contributed by atoms with E-state index in [9.17, 15) is 0 Å². The Morgan fingerprint density at radius 1 is 1.31 bits per heavy atom. The second kappa shape index (κ2) is 4.87. The predicted molar refractivity (Wildman–Crippen MR) is 60.3 cm³/mol. The summed E-state index contributed by atoms with van der Waals surface area (Å²) >= 11 is 0. The molecule has 1 aromatic carbocycles. The number of likely N-dealkylation sites (N-methyl/N-ethyl adjacent to an activating group) is 1. The third kappa shape index (κ3) is 3.47. The predicted octanol–water partition coefficient (Wildman–Crippen LogP) is 2.21. The first-order valence-corrected chi connectivity index (χ1v) is 4.64. The lowest BCUT2D eigenvalue weighted by atomic mass is 10.2. The maximum absolute atomic E-state index is 3.40. The first-order valence-electron chi connectivity index (χ1n) is 4.64.